The molecule has 3 aromatic rings. The van der Waals surface area contributed by atoms with Crippen LogP contribution in [0.2, 0.25) is 0 Å². The molecule has 0 saturated carbocycles. The second-order valence-corrected chi connectivity index (χ2v) is 11.4. The second kappa shape index (κ2) is 14.5. The highest BCUT2D eigenvalue weighted by Gasteiger charge is 2.38. The maximum atomic E-state index is 14.5. The first-order chi connectivity index (χ1) is 19.5. The molecule has 2 N–H and O–H groups in total. The zero-order valence-electron chi connectivity index (χ0n) is 25.0. The first kappa shape index (κ1) is 31.4. The van der Waals surface area contributed by atoms with Crippen LogP contribution in [0.25, 0.3) is 0 Å². The van der Waals surface area contributed by atoms with Crippen LogP contribution in [-0.4, -0.2) is 40.5 Å². The number of hydrogen-bond donors (Lipinski definition) is 2. The summed E-state index contributed by atoms with van der Waals surface area (Å²) in [7, 11) is 0. The molecule has 3 atom stereocenters. The van der Waals surface area contributed by atoms with Crippen LogP contribution in [0.3, 0.4) is 0 Å². The SMILES string of the molecule is CCC(C)N(C(=O)C(Cc1ccccc1)NC(=O)OC(C)(C)C)C(C(=O)NCc1ccccc1)c1ccc(C)cc1. The van der Waals surface area contributed by atoms with Gasteiger partial charge in [0.2, 0.25) is 11.8 Å². The summed E-state index contributed by atoms with van der Waals surface area (Å²) in [5.41, 5.74) is 2.85. The van der Waals surface area contributed by atoms with Gasteiger partial charge in [-0.25, -0.2) is 4.79 Å². The third-order valence-corrected chi connectivity index (χ3v) is 6.82. The second-order valence-electron chi connectivity index (χ2n) is 11.4. The molecule has 218 valence electrons. The van der Waals surface area contributed by atoms with E-state index in [0.29, 0.717) is 18.5 Å². The van der Waals surface area contributed by atoms with Crippen molar-refractivity contribution in [2.24, 2.45) is 0 Å². The van der Waals surface area contributed by atoms with E-state index in [9.17, 15) is 14.4 Å². The third kappa shape index (κ3) is 9.48. The van der Waals surface area contributed by atoms with E-state index < -0.39 is 23.8 Å². The molecule has 0 radical (unpaired) electrons. The summed E-state index contributed by atoms with van der Waals surface area (Å²) in [5.74, 6) is -0.642. The van der Waals surface area contributed by atoms with Crippen molar-refractivity contribution < 1.29 is 19.1 Å². The van der Waals surface area contributed by atoms with Crippen molar-refractivity contribution in [3.8, 4) is 0 Å². The van der Waals surface area contributed by atoms with Gasteiger partial charge in [-0.3, -0.25) is 9.59 Å². The molecule has 0 aliphatic rings. The molecule has 7 heteroatoms. The monoisotopic (exact) mass is 557 g/mol. The van der Waals surface area contributed by atoms with E-state index in [1.165, 1.54) is 0 Å². The van der Waals surface area contributed by atoms with Crippen LogP contribution in [0.4, 0.5) is 4.79 Å². The van der Waals surface area contributed by atoms with Crippen molar-refractivity contribution in [3.63, 3.8) is 0 Å². The van der Waals surface area contributed by atoms with Gasteiger partial charge in [-0.1, -0.05) is 97.4 Å². The number of ether oxygens (including phenoxy) is 1. The minimum Gasteiger partial charge on any atom is -0.444 e. The Labute approximate surface area is 244 Å². The molecule has 7 nitrogen and oxygen atoms in total. The Bertz CT molecular complexity index is 1270. The van der Waals surface area contributed by atoms with Gasteiger partial charge in [-0.15, -0.1) is 0 Å². The molecular formula is C34H43N3O4. The van der Waals surface area contributed by atoms with Crippen molar-refractivity contribution in [2.45, 2.75) is 84.7 Å². The standard InChI is InChI=1S/C34H43N3O4/c1-7-25(3)37(32(39)29(22-26-14-10-8-11-15-26)36-33(40)41-34(4,5)6)30(28-20-18-24(2)19-21-28)31(38)35-23-27-16-12-9-13-17-27/h8-21,25,29-30H,7,22-23H2,1-6H3,(H,35,38)(H,36,40). The Kier molecular flexibility index (Phi) is 11.1. The number of amides is 3. The van der Waals surface area contributed by atoms with Gasteiger partial charge in [-0.05, 0) is 57.7 Å². The molecule has 0 aromatic heterocycles. The van der Waals surface area contributed by atoms with Crippen molar-refractivity contribution >= 4 is 17.9 Å². The highest BCUT2D eigenvalue weighted by molar-refractivity contribution is 5.92. The fraction of sp³-hybridized carbons (Fsp3) is 0.382. The van der Waals surface area contributed by atoms with Gasteiger partial charge < -0.3 is 20.3 Å². The van der Waals surface area contributed by atoms with E-state index in [0.717, 1.165) is 16.7 Å². The van der Waals surface area contributed by atoms with Crippen LogP contribution in [0.15, 0.2) is 84.9 Å². The molecule has 0 heterocycles. The van der Waals surface area contributed by atoms with E-state index in [1.54, 1.807) is 25.7 Å². The van der Waals surface area contributed by atoms with Gasteiger partial charge >= 0.3 is 6.09 Å². The molecule has 0 aliphatic heterocycles. The van der Waals surface area contributed by atoms with E-state index in [4.69, 9.17) is 4.74 Å². The minimum absolute atomic E-state index is 0.248. The largest absolute Gasteiger partial charge is 0.444 e. The molecule has 3 amide bonds. The van der Waals surface area contributed by atoms with Gasteiger partial charge in [0, 0.05) is 19.0 Å². The van der Waals surface area contributed by atoms with Gasteiger partial charge in [0.05, 0.1) is 0 Å². The fourth-order valence-corrected chi connectivity index (χ4v) is 4.54. The van der Waals surface area contributed by atoms with Crippen LogP contribution in [-0.2, 0) is 27.3 Å². The van der Waals surface area contributed by atoms with Crippen LogP contribution < -0.4 is 10.6 Å². The molecule has 3 unspecified atom stereocenters. The average Bonchev–Trinajstić information content (AvgIpc) is 2.94. The van der Waals surface area contributed by atoms with Gasteiger partial charge in [0.15, 0.2) is 0 Å². The van der Waals surface area contributed by atoms with Crippen molar-refractivity contribution in [1.29, 1.82) is 0 Å². The summed E-state index contributed by atoms with van der Waals surface area (Å²) in [4.78, 5) is 43.0. The number of nitrogens with zero attached hydrogens (tertiary/aromatic N) is 1. The highest BCUT2D eigenvalue weighted by Crippen LogP contribution is 2.27. The maximum Gasteiger partial charge on any atom is 0.408 e. The quantitative estimate of drug-likeness (QED) is 0.298. The van der Waals surface area contributed by atoms with E-state index in [2.05, 4.69) is 10.6 Å². The predicted molar refractivity (Wildman–Crippen MR) is 162 cm³/mol. The Morgan fingerprint density at radius 1 is 0.854 bits per heavy atom. The highest BCUT2D eigenvalue weighted by atomic mass is 16.6. The van der Waals surface area contributed by atoms with Crippen LogP contribution in [0.5, 0.6) is 0 Å². The third-order valence-electron chi connectivity index (χ3n) is 6.82. The number of alkyl carbamates (subject to hydrolysis) is 1. The minimum atomic E-state index is -0.948. The maximum absolute atomic E-state index is 14.5. The van der Waals surface area contributed by atoms with Gasteiger partial charge in [0.25, 0.3) is 0 Å². The van der Waals surface area contributed by atoms with Crippen molar-refractivity contribution in [3.05, 3.63) is 107 Å². The summed E-state index contributed by atoms with van der Waals surface area (Å²) in [6.07, 6.45) is 0.180. The van der Waals surface area contributed by atoms with E-state index in [-0.39, 0.29) is 24.3 Å². The molecular weight excluding hydrogens is 514 g/mol. The summed E-state index contributed by atoms with van der Waals surface area (Å²) in [6.45, 7) is 11.5. The van der Waals surface area contributed by atoms with Crippen molar-refractivity contribution in [1.82, 2.24) is 15.5 Å². The lowest BCUT2D eigenvalue weighted by Gasteiger charge is -2.38. The van der Waals surface area contributed by atoms with Crippen LogP contribution >= 0.6 is 0 Å². The Balaban J connectivity index is 2.02. The zero-order chi connectivity index (χ0) is 30.0. The zero-order valence-corrected chi connectivity index (χ0v) is 25.0. The molecule has 3 rings (SSSR count). The molecule has 3 aromatic carbocycles. The van der Waals surface area contributed by atoms with E-state index in [1.807, 2.05) is 106 Å². The molecule has 41 heavy (non-hydrogen) atoms. The molecule has 0 bridgehead atoms. The summed E-state index contributed by atoms with van der Waals surface area (Å²) >= 11 is 0. The molecule has 0 saturated heterocycles. The van der Waals surface area contributed by atoms with Crippen LogP contribution in [0, 0.1) is 6.92 Å². The van der Waals surface area contributed by atoms with Crippen molar-refractivity contribution in [2.75, 3.05) is 0 Å². The smallest absolute Gasteiger partial charge is 0.408 e. The molecule has 0 aliphatic carbocycles. The number of aryl methyl sites for hydroxylation is 1. The molecule has 0 spiro atoms. The Morgan fingerprint density at radius 2 is 1.41 bits per heavy atom. The first-order valence-electron chi connectivity index (χ1n) is 14.2. The summed E-state index contributed by atoms with van der Waals surface area (Å²) in [6, 6.07) is 24.7. The Morgan fingerprint density at radius 3 is 1.95 bits per heavy atom. The summed E-state index contributed by atoms with van der Waals surface area (Å²) in [5, 5.41) is 5.85. The number of rotatable bonds is 11. The molecule has 0 fully saturated rings. The summed E-state index contributed by atoms with van der Waals surface area (Å²) < 4.78 is 5.52. The normalized spacial score (nSPS) is 13.4. The lowest BCUT2D eigenvalue weighted by molar-refractivity contribution is -0.145. The lowest BCUT2D eigenvalue weighted by atomic mass is 9.97. The van der Waals surface area contributed by atoms with E-state index >= 15 is 0 Å². The Hall–Kier alpha value is -4.13. The number of nitrogens with one attached hydrogen (secondary N) is 2. The lowest BCUT2D eigenvalue weighted by Crippen LogP contribution is -2.56. The number of carbonyl (C=O) groups excluding carboxylic acids is 3. The topological polar surface area (TPSA) is 87.7 Å². The average molecular weight is 558 g/mol. The fourth-order valence-electron chi connectivity index (χ4n) is 4.54. The number of carbonyl (C=O) groups is 3. The first-order valence-corrected chi connectivity index (χ1v) is 14.2. The number of benzene rings is 3. The van der Waals surface area contributed by atoms with Gasteiger partial charge in [-0.2, -0.15) is 0 Å². The number of hydrogen-bond acceptors (Lipinski definition) is 4. The predicted octanol–water partition coefficient (Wildman–Crippen LogP) is 6.12. The van der Waals surface area contributed by atoms with Gasteiger partial charge in [0.1, 0.15) is 17.7 Å². The van der Waals surface area contributed by atoms with Crippen LogP contribution in [0.1, 0.15) is 69.3 Å².